The lowest BCUT2D eigenvalue weighted by atomic mass is 9.98. The second-order valence-electron chi connectivity index (χ2n) is 10.8. The van der Waals surface area contributed by atoms with Crippen molar-refractivity contribution in [2.24, 2.45) is 5.92 Å². The normalized spacial score (nSPS) is 15.9. The molecule has 2 unspecified atom stereocenters. The molecule has 0 saturated carbocycles. The molecule has 8 nitrogen and oxygen atoms in total. The minimum atomic E-state index is -1.10. The first-order valence-corrected chi connectivity index (χ1v) is 13.1. The molecule has 206 valence electrons. The number of esters is 1. The van der Waals surface area contributed by atoms with Crippen LogP contribution in [0.5, 0.6) is 0 Å². The Balaban J connectivity index is 1.75. The van der Waals surface area contributed by atoms with E-state index in [1.54, 1.807) is 6.92 Å². The zero-order chi connectivity index (χ0) is 28.0. The summed E-state index contributed by atoms with van der Waals surface area (Å²) in [5.74, 6) is -1.37. The number of nitrogens with one attached hydrogen (secondary N) is 2. The molecule has 2 N–H and O–H groups in total. The van der Waals surface area contributed by atoms with E-state index in [-0.39, 0.29) is 18.4 Å². The number of carbonyl (C=O) groups is 3. The minimum absolute atomic E-state index is 0.111. The van der Waals surface area contributed by atoms with Gasteiger partial charge in [-0.1, -0.05) is 68.8 Å². The van der Waals surface area contributed by atoms with Crippen LogP contribution in [0.1, 0.15) is 65.0 Å². The lowest BCUT2D eigenvalue weighted by Crippen LogP contribution is -2.58. The molecule has 1 aliphatic rings. The predicted octanol–water partition coefficient (Wildman–Crippen LogP) is 4.80. The summed E-state index contributed by atoms with van der Waals surface area (Å²) in [6, 6.07) is 14.2. The summed E-state index contributed by atoms with van der Waals surface area (Å²) in [5, 5.41) is 5.43. The highest BCUT2D eigenvalue weighted by molar-refractivity contribution is 5.90. The van der Waals surface area contributed by atoms with Crippen molar-refractivity contribution in [2.75, 3.05) is 13.7 Å². The smallest absolute Gasteiger partial charge is 0.407 e. The highest BCUT2D eigenvalue weighted by Gasteiger charge is 2.36. The lowest BCUT2D eigenvalue weighted by molar-refractivity contribution is -0.148. The van der Waals surface area contributed by atoms with E-state index in [1.165, 1.54) is 7.11 Å². The monoisotopic (exact) mass is 524 g/mol. The van der Waals surface area contributed by atoms with Crippen molar-refractivity contribution in [3.63, 3.8) is 0 Å². The Labute approximate surface area is 225 Å². The second kappa shape index (κ2) is 12.4. The molecule has 38 heavy (non-hydrogen) atoms. The molecule has 2 aromatic rings. The fraction of sp³-hybridized carbons (Fsp3) is 0.500. The van der Waals surface area contributed by atoms with Gasteiger partial charge in [0.25, 0.3) is 0 Å². The Morgan fingerprint density at radius 1 is 0.895 bits per heavy atom. The van der Waals surface area contributed by atoms with Gasteiger partial charge in [-0.05, 0) is 55.9 Å². The van der Waals surface area contributed by atoms with Crippen molar-refractivity contribution in [2.45, 2.75) is 77.7 Å². The van der Waals surface area contributed by atoms with Crippen LogP contribution < -0.4 is 10.6 Å². The highest BCUT2D eigenvalue weighted by atomic mass is 16.6. The molecule has 0 aromatic heterocycles. The number of amides is 2. The maximum Gasteiger partial charge on any atom is 0.407 e. The number of alkyl carbamates (subject to hydrolysis) is 1. The third kappa shape index (κ3) is 6.92. The molecule has 0 bridgehead atoms. The van der Waals surface area contributed by atoms with Crippen molar-refractivity contribution in [1.29, 1.82) is 0 Å². The van der Waals surface area contributed by atoms with Gasteiger partial charge in [0.2, 0.25) is 5.91 Å². The first kappa shape index (κ1) is 29.2. The molecule has 0 heterocycles. The molecule has 1 aliphatic carbocycles. The molecule has 2 aromatic carbocycles. The first-order chi connectivity index (χ1) is 18.0. The molecule has 0 aliphatic heterocycles. The van der Waals surface area contributed by atoms with Crippen LogP contribution in [-0.4, -0.2) is 55.5 Å². The van der Waals surface area contributed by atoms with Crippen molar-refractivity contribution in [3.8, 4) is 11.1 Å². The van der Waals surface area contributed by atoms with Crippen molar-refractivity contribution in [3.05, 3.63) is 59.7 Å². The molecule has 0 fully saturated rings. The topological polar surface area (TPSA) is 103 Å². The van der Waals surface area contributed by atoms with Crippen molar-refractivity contribution >= 4 is 18.0 Å². The van der Waals surface area contributed by atoms with E-state index in [0.29, 0.717) is 6.42 Å². The standard InChI is InChI=1S/C30H40N2O6/c1-8-18(2)25(28(34)36-7)31-27(33)26(19(3)38-30(4,5)6)32-29(35)37-17-24-22-15-11-9-13-20(22)21-14-10-12-16-23(21)24/h9-16,18-19,24-26H,8,17H2,1-7H3,(H,31,33)(H,32,35)/t18?,19?,25-,26-/m0/s1. The summed E-state index contributed by atoms with van der Waals surface area (Å²) in [4.78, 5) is 38.8. The fourth-order valence-corrected chi connectivity index (χ4v) is 4.83. The molecule has 4 atom stereocenters. The van der Waals surface area contributed by atoms with E-state index < -0.39 is 41.8 Å². The average molecular weight is 525 g/mol. The third-order valence-electron chi connectivity index (χ3n) is 6.87. The van der Waals surface area contributed by atoms with Crippen molar-refractivity contribution < 1.29 is 28.6 Å². The highest BCUT2D eigenvalue weighted by Crippen LogP contribution is 2.44. The van der Waals surface area contributed by atoms with Gasteiger partial charge in [0.1, 0.15) is 18.7 Å². The number of ether oxygens (including phenoxy) is 3. The number of hydrogen-bond donors (Lipinski definition) is 2. The van der Waals surface area contributed by atoms with E-state index in [4.69, 9.17) is 14.2 Å². The Bertz CT molecular complexity index is 1100. The third-order valence-corrected chi connectivity index (χ3v) is 6.87. The maximum atomic E-state index is 13.4. The average Bonchev–Trinajstić information content (AvgIpc) is 3.20. The first-order valence-electron chi connectivity index (χ1n) is 13.1. The van der Waals surface area contributed by atoms with Gasteiger partial charge in [0.05, 0.1) is 18.8 Å². The largest absolute Gasteiger partial charge is 0.467 e. The minimum Gasteiger partial charge on any atom is -0.467 e. The molecule has 0 saturated heterocycles. The van der Waals surface area contributed by atoms with Gasteiger partial charge < -0.3 is 24.8 Å². The molecule has 8 heteroatoms. The van der Waals surface area contributed by atoms with E-state index in [1.807, 2.05) is 71.0 Å². The number of methoxy groups -OCH3 is 1. The predicted molar refractivity (Wildman–Crippen MR) is 146 cm³/mol. The van der Waals surface area contributed by atoms with E-state index in [2.05, 4.69) is 22.8 Å². The molecule has 0 radical (unpaired) electrons. The number of carbonyl (C=O) groups excluding carboxylic acids is 3. The molecular formula is C30H40N2O6. The van der Waals surface area contributed by atoms with Crippen LogP contribution in [0, 0.1) is 5.92 Å². The summed E-state index contributed by atoms with van der Waals surface area (Å²) < 4.78 is 16.6. The van der Waals surface area contributed by atoms with Gasteiger partial charge in [0.15, 0.2) is 0 Å². The SMILES string of the molecule is CCC(C)[C@H](NC(=O)[C@@H](NC(=O)OCC1c2ccccc2-c2ccccc21)C(C)OC(C)(C)C)C(=O)OC. The van der Waals surface area contributed by atoms with Crippen LogP contribution in [0.3, 0.4) is 0 Å². The lowest BCUT2D eigenvalue weighted by Gasteiger charge is -2.32. The number of benzene rings is 2. The summed E-state index contributed by atoms with van der Waals surface area (Å²) in [6.45, 7) is 11.2. The van der Waals surface area contributed by atoms with Gasteiger partial charge in [-0.25, -0.2) is 9.59 Å². The number of hydrogen-bond acceptors (Lipinski definition) is 6. The molecule has 3 rings (SSSR count). The summed E-state index contributed by atoms with van der Waals surface area (Å²) in [6.07, 6.45) is -0.793. The van der Waals surface area contributed by atoms with Crippen LogP contribution in [0.15, 0.2) is 48.5 Å². The number of fused-ring (bicyclic) bond motifs is 3. The number of rotatable bonds is 10. The van der Waals surface area contributed by atoms with Gasteiger partial charge in [-0.3, -0.25) is 4.79 Å². The van der Waals surface area contributed by atoms with Gasteiger partial charge in [-0.2, -0.15) is 0 Å². The van der Waals surface area contributed by atoms with Crippen LogP contribution >= 0.6 is 0 Å². The zero-order valence-electron chi connectivity index (χ0n) is 23.4. The summed E-state index contributed by atoms with van der Waals surface area (Å²) >= 11 is 0. The summed E-state index contributed by atoms with van der Waals surface area (Å²) in [5.41, 5.74) is 3.87. The zero-order valence-corrected chi connectivity index (χ0v) is 23.4. The van der Waals surface area contributed by atoms with Gasteiger partial charge in [0, 0.05) is 5.92 Å². The van der Waals surface area contributed by atoms with E-state index in [0.717, 1.165) is 22.3 Å². The Hall–Kier alpha value is -3.39. The van der Waals surface area contributed by atoms with Gasteiger partial charge >= 0.3 is 12.1 Å². The van der Waals surface area contributed by atoms with Crippen LogP contribution in [0.4, 0.5) is 4.79 Å². The van der Waals surface area contributed by atoms with Crippen LogP contribution in [0.2, 0.25) is 0 Å². The Morgan fingerprint density at radius 3 is 1.95 bits per heavy atom. The van der Waals surface area contributed by atoms with Gasteiger partial charge in [-0.15, -0.1) is 0 Å². The summed E-state index contributed by atoms with van der Waals surface area (Å²) in [7, 11) is 1.28. The Kier molecular flexibility index (Phi) is 9.55. The quantitative estimate of drug-likeness (QED) is 0.433. The van der Waals surface area contributed by atoms with Crippen molar-refractivity contribution in [1.82, 2.24) is 10.6 Å². The Morgan fingerprint density at radius 2 is 1.45 bits per heavy atom. The molecule has 2 amide bonds. The van der Waals surface area contributed by atoms with E-state index >= 15 is 0 Å². The maximum absolute atomic E-state index is 13.4. The molecule has 0 spiro atoms. The van der Waals surface area contributed by atoms with E-state index in [9.17, 15) is 14.4 Å². The second-order valence-corrected chi connectivity index (χ2v) is 10.8. The fourth-order valence-electron chi connectivity index (χ4n) is 4.83. The van der Waals surface area contributed by atoms with Crippen LogP contribution in [0.25, 0.3) is 11.1 Å². The molecular weight excluding hydrogens is 484 g/mol. The van der Waals surface area contributed by atoms with Crippen LogP contribution in [-0.2, 0) is 23.8 Å².